The maximum absolute atomic E-state index is 12.3. The third-order valence-corrected chi connectivity index (χ3v) is 4.10. The number of hydrogen-bond acceptors (Lipinski definition) is 6. The van der Waals surface area contributed by atoms with Crippen molar-refractivity contribution in [3.63, 3.8) is 0 Å². The van der Waals surface area contributed by atoms with Crippen molar-refractivity contribution in [2.45, 2.75) is 0 Å². The third-order valence-electron chi connectivity index (χ3n) is 3.34. The molecule has 2 aromatic heterocycles. The molecule has 0 spiro atoms. The summed E-state index contributed by atoms with van der Waals surface area (Å²) in [5.41, 5.74) is 2.10. The van der Waals surface area contributed by atoms with Gasteiger partial charge in [0.2, 0.25) is 5.88 Å². The summed E-state index contributed by atoms with van der Waals surface area (Å²) in [7, 11) is 4.83. The SMILES string of the molecule is COc1ccc(-c2csc(NC(=O)c3cn(C)nc3OC)n2)cc1. The lowest BCUT2D eigenvalue weighted by atomic mass is 10.2. The topological polar surface area (TPSA) is 78.3 Å². The number of aromatic nitrogens is 3. The van der Waals surface area contributed by atoms with E-state index in [1.165, 1.54) is 23.1 Å². The molecule has 8 heteroatoms. The van der Waals surface area contributed by atoms with Crippen LogP contribution >= 0.6 is 11.3 Å². The monoisotopic (exact) mass is 344 g/mol. The number of hydrogen-bond donors (Lipinski definition) is 1. The summed E-state index contributed by atoms with van der Waals surface area (Å²) in [5, 5.41) is 9.23. The molecule has 24 heavy (non-hydrogen) atoms. The fourth-order valence-corrected chi connectivity index (χ4v) is 2.88. The summed E-state index contributed by atoms with van der Waals surface area (Å²) < 4.78 is 11.8. The van der Waals surface area contributed by atoms with E-state index in [0.29, 0.717) is 10.7 Å². The zero-order valence-corrected chi connectivity index (χ0v) is 14.3. The number of carbonyl (C=O) groups excluding carboxylic acids is 1. The number of benzene rings is 1. The maximum atomic E-state index is 12.3. The first-order chi connectivity index (χ1) is 11.6. The third kappa shape index (κ3) is 3.23. The molecular formula is C16H16N4O3S. The predicted molar refractivity (Wildman–Crippen MR) is 91.8 cm³/mol. The molecule has 0 bridgehead atoms. The van der Waals surface area contributed by atoms with Crippen molar-refractivity contribution >= 4 is 22.4 Å². The number of nitrogens with zero attached hydrogens (tertiary/aromatic N) is 3. The van der Waals surface area contributed by atoms with Crippen LogP contribution in [0.1, 0.15) is 10.4 Å². The molecule has 0 fully saturated rings. The highest BCUT2D eigenvalue weighted by Gasteiger charge is 2.17. The number of nitrogens with one attached hydrogen (secondary N) is 1. The summed E-state index contributed by atoms with van der Waals surface area (Å²) in [6.45, 7) is 0. The van der Waals surface area contributed by atoms with Gasteiger partial charge >= 0.3 is 0 Å². The standard InChI is InChI=1S/C16H16N4O3S/c1-20-8-12(15(19-20)23-3)14(21)18-16-17-13(9-24-16)10-4-6-11(22-2)7-5-10/h4-9H,1-3H3,(H,17,18,21). The number of methoxy groups -OCH3 is 2. The molecule has 2 heterocycles. The highest BCUT2D eigenvalue weighted by Crippen LogP contribution is 2.27. The zero-order valence-electron chi connectivity index (χ0n) is 13.4. The Hall–Kier alpha value is -2.87. The van der Waals surface area contributed by atoms with Gasteiger partial charge in [0.1, 0.15) is 11.3 Å². The van der Waals surface area contributed by atoms with E-state index in [0.717, 1.165) is 17.0 Å². The molecule has 0 aliphatic rings. The van der Waals surface area contributed by atoms with Gasteiger partial charge in [-0.1, -0.05) is 0 Å². The number of amides is 1. The molecule has 124 valence electrons. The summed E-state index contributed by atoms with van der Waals surface area (Å²) in [6, 6.07) is 7.58. The minimum Gasteiger partial charge on any atom is -0.497 e. The minimum absolute atomic E-state index is 0.280. The average Bonchev–Trinajstić information content (AvgIpc) is 3.21. The van der Waals surface area contributed by atoms with E-state index in [-0.39, 0.29) is 11.8 Å². The van der Waals surface area contributed by atoms with Gasteiger partial charge in [-0.2, -0.15) is 0 Å². The molecule has 0 aliphatic carbocycles. The summed E-state index contributed by atoms with van der Waals surface area (Å²) in [4.78, 5) is 16.8. The van der Waals surface area contributed by atoms with Gasteiger partial charge in [0.15, 0.2) is 5.13 Å². The Morgan fingerprint density at radius 3 is 2.62 bits per heavy atom. The van der Waals surface area contributed by atoms with Crippen molar-refractivity contribution in [2.75, 3.05) is 19.5 Å². The lowest BCUT2D eigenvalue weighted by molar-refractivity contribution is 0.102. The van der Waals surface area contributed by atoms with Crippen molar-refractivity contribution in [3.05, 3.63) is 41.4 Å². The van der Waals surface area contributed by atoms with Crippen LogP contribution in [-0.2, 0) is 7.05 Å². The molecule has 1 N–H and O–H groups in total. The molecule has 3 aromatic rings. The number of thiazole rings is 1. The molecule has 0 saturated carbocycles. The molecule has 0 unspecified atom stereocenters. The Bertz CT molecular complexity index is 855. The number of anilines is 1. The Labute approximate surface area is 142 Å². The van der Waals surface area contributed by atoms with E-state index in [2.05, 4.69) is 15.4 Å². The van der Waals surface area contributed by atoms with Crippen molar-refractivity contribution in [1.29, 1.82) is 0 Å². The van der Waals surface area contributed by atoms with Crippen LogP contribution in [0.4, 0.5) is 5.13 Å². The van der Waals surface area contributed by atoms with E-state index in [1.807, 2.05) is 29.6 Å². The average molecular weight is 344 g/mol. The summed E-state index contributed by atoms with van der Waals surface area (Å²) in [5.74, 6) is 0.753. The van der Waals surface area contributed by atoms with Crippen LogP contribution in [0.3, 0.4) is 0 Å². The summed E-state index contributed by atoms with van der Waals surface area (Å²) in [6.07, 6.45) is 1.60. The van der Waals surface area contributed by atoms with Crippen molar-refractivity contribution in [3.8, 4) is 22.9 Å². The zero-order chi connectivity index (χ0) is 17.1. The van der Waals surface area contributed by atoms with E-state index in [4.69, 9.17) is 9.47 Å². The Morgan fingerprint density at radius 1 is 1.21 bits per heavy atom. The molecule has 1 aromatic carbocycles. The highest BCUT2D eigenvalue weighted by molar-refractivity contribution is 7.14. The van der Waals surface area contributed by atoms with Gasteiger partial charge in [0.25, 0.3) is 5.91 Å². The molecular weight excluding hydrogens is 328 g/mol. The predicted octanol–water partition coefficient (Wildman–Crippen LogP) is 2.81. The molecule has 3 rings (SSSR count). The second-order valence-corrected chi connectivity index (χ2v) is 5.80. The second-order valence-electron chi connectivity index (χ2n) is 4.95. The van der Waals surface area contributed by atoms with Crippen LogP contribution in [-0.4, -0.2) is 34.9 Å². The van der Waals surface area contributed by atoms with Crippen LogP contribution in [0, 0.1) is 0 Å². The molecule has 0 radical (unpaired) electrons. The molecule has 7 nitrogen and oxygen atoms in total. The molecule has 0 aliphatic heterocycles. The maximum Gasteiger partial charge on any atom is 0.264 e. The second kappa shape index (κ2) is 6.71. The smallest absolute Gasteiger partial charge is 0.264 e. The first kappa shape index (κ1) is 16.0. The van der Waals surface area contributed by atoms with Gasteiger partial charge in [-0.3, -0.25) is 14.8 Å². The van der Waals surface area contributed by atoms with Crippen molar-refractivity contribution < 1.29 is 14.3 Å². The van der Waals surface area contributed by atoms with Gasteiger partial charge in [0, 0.05) is 24.2 Å². The number of ether oxygens (including phenoxy) is 2. The summed E-state index contributed by atoms with van der Waals surface area (Å²) >= 11 is 1.36. The van der Waals surface area contributed by atoms with Crippen molar-refractivity contribution in [1.82, 2.24) is 14.8 Å². The first-order valence-corrected chi connectivity index (χ1v) is 7.97. The molecule has 1 amide bonds. The van der Waals surface area contributed by atoms with E-state index >= 15 is 0 Å². The number of carbonyl (C=O) groups is 1. The van der Waals surface area contributed by atoms with Gasteiger partial charge in [-0.15, -0.1) is 16.4 Å². The Balaban J connectivity index is 1.76. The fourth-order valence-electron chi connectivity index (χ4n) is 2.16. The number of aryl methyl sites for hydroxylation is 1. The van der Waals surface area contributed by atoms with E-state index in [1.54, 1.807) is 20.4 Å². The van der Waals surface area contributed by atoms with Gasteiger partial charge in [-0.25, -0.2) is 4.98 Å². The van der Waals surface area contributed by atoms with E-state index < -0.39 is 0 Å². The van der Waals surface area contributed by atoms with E-state index in [9.17, 15) is 4.79 Å². The quantitative estimate of drug-likeness (QED) is 0.770. The van der Waals surface area contributed by atoms with Gasteiger partial charge in [-0.05, 0) is 24.3 Å². The molecule has 0 atom stereocenters. The largest absolute Gasteiger partial charge is 0.497 e. The van der Waals surface area contributed by atoms with Crippen LogP contribution in [0.5, 0.6) is 11.6 Å². The van der Waals surface area contributed by atoms with Crippen LogP contribution in [0.25, 0.3) is 11.3 Å². The van der Waals surface area contributed by atoms with Crippen molar-refractivity contribution in [2.24, 2.45) is 7.05 Å². The Kier molecular flexibility index (Phi) is 4.48. The first-order valence-electron chi connectivity index (χ1n) is 7.09. The fraction of sp³-hybridized carbons (Fsp3) is 0.188. The normalized spacial score (nSPS) is 10.5. The highest BCUT2D eigenvalue weighted by atomic mass is 32.1. The number of rotatable bonds is 5. The molecule has 0 saturated heterocycles. The lowest BCUT2D eigenvalue weighted by Gasteiger charge is -2.02. The van der Waals surface area contributed by atoms with Gasteiger partial charge in [0.05, 0.1) is 19.9 Å². The lowest BCUT2D eigenvalue weighted by Crippen LogP contribution is -2.12. The van der Waals surface area contributed by atoms with Gasteiger partial charge < -0.3 is 9.47 Å². The van der Waals surface area contributed by atoms with Crippen LogP contribution in [0.2, 0.25) is 0 Å². The minimum atomic E-state index is -0.310. The van der Waals surface area contributed by atoms with Crippen LogP contribution in [0.15, 0.2) is 35.8 Å². The van der Waals surface area contributed by atoms with Crippen LogP contribution < -0.4 is 14.8 Å². The Morgan fingerprint density at radius 2 is 1.96 bits per heavy atom.